The lowest BCUT2D eigenvalue weighted by Crippen LogP contribution is -2.13. The minimum Gasteiger partial charge on any atom is -0.436 e. The summed E-state index contributed by atoms with van der Waals surface area (Å²) in [5.74, 6) is -1.41. The van der Waals surface area contributed by atoms with Crippen molar-refractivity contribution in [3.63, 3.8) is 0 Å². The van der Waals surface area contributed by atoms with E-state index < -0.39 is 17.5 Å². The number of nitrogens with one attached hydrogen (secondary N) is 1. The fraction of sp³-hybridized carbons (Fsp3) is 0. The quantitative estimate of drug-likeness (QED) is 0.494. The van der Waals surface area contributed by atoms with E-state index in [1.54, 1.807) is 24.3 Å². The second-order valence-corrected chi connectivity index (χ2v) is 6.17. The van der Waals surface area contributed by atoms with Crippen molar-refractivity contribution in [3.8, 4) is 11.5 Å². The van der Waals surface area contributed by atoms with Gasteiger partial charge in [-0.1, -0.05) is 23.7 Å². The van der Waals surface area contributed by atoms with E-state index in [9.17, 15) is 13.6 Å². The van der Waals surface area contributed by atoms with Crippen LogP contribution in [-0.2, 0) is 0 Å². The zero-order valence-corrected chi connectivity index (χ0v) is 14.4. The molecule has 1 amide bonds. The molecule has 0 aliphatic carbocycles. The van der Waals surface area contributed by atoms with Gasteiger partial charge >= 0.3 is 0 Å². The molecule has 0 aliphatic rings. The van der Waals surface area contributed by atoms with Crippen LogP contribution in [0.5, 0.6) is 0 Å². The van der Waals surface area contributed by atoms with E-state index >= 15 is 0 Å². The van der Waals surface area contributed by atoms with Gasteiger partial charge in [0.2, 0.25) is 5.89 Å². The molecule has 0 saturated carbocycles. The molecule has 1 heterocycles. The van der Waals surface area contributed by atoms with E-state index in [1.807, 2.05) is 0 Å². The van der Waals surface area contributed by atoms with E-state index in [2.05, 4.69) is 10.3 Å². The maximum atomic E-state index is 13.7. The highest BCUT2D eigenvalue weighted by atomic mass is 35.5. The van der Waals surface area contributed by atoms with Gasteiger partial charge in [0.1, 0.15) is 17.2 Å². The average molecular weight is 385 g/mol. The van der Waals surface area contributed by atoms with E-state index in [1.165, 1.54) is 36.4 Å². The van der Waals surface area contributed by atoms with Crippen molar-refractivity contribution in [3.05, 3.63) is 82.9 Å². The van der Waals surface area contributed by atoms with E-state index in [0.717, 1.165) is 0 Å². The van der Waals surface area contributed by atoms with Crippen LogP contribution in [0.1, 0.15) is 10.4 Å². The van der Waals surface area contributed by atoms with Crippen molar-refractivity contribution in [1.29, 1.82) is 0 Å². The first-order valence-electron chi connectivity index (χ1n) is 7.93. The van der Waals surface area contributed by atoms with Crippen LogP contribution in [0.4, 0.5) is 14.5 Å². The highest BCUT2D eigenvalue weighted by Crippen LogP contribution is 2.31. The van der Waals surface area contributed by atoms with Crippen molar-refractivity contribution >= 4 is 34.3 Å². The third-order valence-corrected chi connectivity index (χ3v) is 4.24. The summed E-state index contributed by atoms with van der Waals surface area (Å²) in [7, 11) is 0. The summed E-state index contributed by atoms with van der Waals surface area (Å²) in [6.07, 6.45) is 0. The molecule has 0 unspecified atom stereocenters. The molecule has 7 heteroatoms. The molecule has 4 rings (SSSR count). The standard InChI is InChI=1S/C20H11ClF2N2O2/c21-15-9-11(22)5-7-13(15)20-25-17-10-12(6-8-18(17)27-20)24-19(26)14-3-1-2-4-16(14)23/h1-10H,(H,24,26). The topological polar surface area (TPSA) is 55.1 Å². The summed E-state index contributed by atoms with van der Waals surface area (Å²) in [4.78, 5) is 16.6. The second-order valence-electron chi connectivity index (χ2n) is 5.76. The molecule has 0 aliphatic heterocycles. The number of aromatic nitrogens is 1. The van der Waals surface area contributed by atoms with Crippen LogP contribution in [0.15, 0.2) is 65.1 Å². The van der Waals surface area contributed by atoms with Crippen LogP contribution >= 0.6 is 11.6 Å². The van der Waals surface area contributed by atoms with Crippen molar-refractivity contribution in [1.82, 2.24) is 4.98 Å². The van der Waals surface area contributed by atoms with E-state index in [-0.39, 0.29) is 16.5 Å². The fourth-order valence-electron chi connectivity index (χ4n) is 2.63. The Hall–Kier alpha value is -3.25. The molecule has 27 heavy (non-hydrogen) atoms. The summed E-state index contributed by atoms with van der Waals surface area (Å²) < 4.78 is 32.6. The lowest BCUT2D eigenvalue weighted by Gasteiger charge is -2.05. The molecule has 0 atom stereocenters. The lowest BCUT2D eigenvalue weighted by molar-refractivity contribution is 0.102. The molecule has 0 fully saturated rings. The number of oxazole rings is 1. The van der Waals surface area contributed by atoms with Gasteiger partial charge in [-0.25, -0.2) is 13.8 Å². The molecule has 1 aromatic heterocycles. The number of amides is 1. The first-order chi connectivity index (χ1) is 13.0. The van der Waals surface area contributed by atoms with Crippen molar-refractivity contribution in [2.24, 2.45) is 0 Å². The third-order valence-electron chi connectivity index (χ3n) is 3.93. The predicted molar refractivity (Wildman–Crippen MR) is 98.8 cm³/mol. The monoisotopic (exact) mass is 384 g/mol. The van der Waals surface area contributed by atoms with Gasteiger partial charge in [0.15, 0.2) is 5.58 Å². The molecule has 0 saturated heterocycles. The number of carbonyl (C=O) groups excluding carboxylic acids is 1. The van der Waals surface area contributed by atoms with Crippen LogP contribution < -0.4 is 5.32 Å². The predicted octanol–water partition coefficient (Wildman–Crippen LogP) is 5.68. The maximum absolute atomic E-state index is 13.7. The van der Waals surface area contributed by atoms with Crippen LogP contribution in [0.2, 0.25) is 5.02 Å². The number of carbonyl (C=O) groups is 1. The van der Waals surface area contributed by atoms with E-state index in [0.29, 0.717) is 22.4 Å². The van der Waals surface area contributed by atoms with Gasteiger partial charge in [0.05, 0.1) is 16.1 Å². The first-order valence-corrected chi connectivity index (χ1v) is 8.31. The third kappa shape index (κ3) is 3.39. The number of halogens is 3. The number of anilines is 1. The van der Waals surface area contributed by atoms with Crippen molar-refractivity contribution in [2.75, 3.05) is 5.32 Å². The summed E-state index contributed by atoms with van der Waals surface area (Å²) in [6.45, 7) is 0. The molecule has 0 spiro atoms. The molecule has 134 valence electrons. The Morgan fingerprint density at radius 3 is 2.63 bits per heavy atom. The van der Waals surface area contributed by atoms with Gasteiger partial charge in [-0.05, 0) is 48.5 Å². The zero-order chi connectivity index (χ0) is 19.0. The molecule has 4 nitrogen and oxygen atoms in total. The van der Waals surface area contributed by atoms with E-state index in [4.69, 9.17) is 16.0 Å². The highest BCUT2D eigenvalue weighted by molar-refractivity contribution is 6.33. The number of rotatable bonds is 3. The second kappa shape index (κ2) is 6.81. The number of nitrogens with zero attached hydrogens (tertiary/aromatic N) is 1. The maximum Gasteiger partial charge on any atom is 0.258 e. The number of hydrogen-bond acceptors (Lipinski definition) is 3. The fourth-order valence-corrected chi connectivity index (χ4v) is 2.88. The van der Waals surface area contributed by atoms with Gasteiger partial charge in [0.25, 0.3) is 5.91 Å². The van der Waals surface area contributed by atoms with Crippen LogP contribution in [-0.4, -0.2) is 10.9 Å². The molecule has 4 aromatic rings. The number of fused-ring (bicyclic) bond motifs is 1. The minimum atomic E-state index is -0.606. The molecule has 0 radical (unpaired) electrons. The van der Waals surface area contributed by atoms with Crippen molar-refractivity contribution in [2.45, 2.75) is 0 Å². The molecule has 3 aromatic carbocycles. The SMILES string of the molecule is O=C(Nc1ccc2oc(-c3ccc(F)cc3Cl)nc2c1)c1ccccc1F. The zero-order valence-electron chi connectivity index (χ0n) is 13.7. The van der Waals surface area contributed by atoms with Gasteiger partial charge in [-0.15, -0.1) is 0 Å². The number of hydrogen-bond donors (Lipinski definition) is 1. The Balaban J connectivity index is 1.65. The minimum absolute atomic E-state index is 0.0588. The Bertz CT molecular complexity index is 1170. The molecular formula is C20H11ClF2N2O2. The molecule has 0 bridgehead atoms. The van der Waals surface area contributed by atoms with Gasteiger partial charge in [0, 0.05) is 5.69 Å². The molecular weight excluding hydrogens is 374 g/mol. The Morgan fingerprint density at radius 2 is 1.85 bits per heavy atom. The van der Waals surface area contributed by atoms with Crippen LogP contribution in [0, 0.1) is 11.6 Å². The summed E-state index contributed by atoms with van der Waals surface area (Å²) in [5.41, 5.74) is 1.76. The average Bonchev–Trinajstić information content (AvgIpc) is 3.05. The van der Waals surface area contributed by atoms with Crippen LogP contribution in [0.25, 0.3) is 22.6 Å². The summed E-state index contributed by atoms with van der Waals surface area (Å²) >= 11 is 6.04. The summed E-state index contributed by atoms with van der Waals surface area (Å²) in [5, 5.41) is 2.80. The highest BCUT2D eigenvalue weighted by Gasteiger charge is 2.15. The number of benzene rings is 3. The largest absolute Gasteiger partial charge is 0.436 e. The molecule has 1 N–H and O–H groups in total. The normalized spacial score (nSPS) is 10.9. The smallest absolute Gasteiger partial charge is 0.258 e. The summed E-state index contributed by atoms with van der Waals surface area (Å²) in [6, 6.07) is 14.4. The van der Waals surface area contributed by atoms with Gasteiger partial charge in [-0.3, -0.25) is 4.79 Å². The van der Waals surface area contributed by atoms with Crippen molar-refractivity contribution < 1.29 is 18.0 Å². The Morgan fingerprint density at radius 1 is 1.04 bits per heavy atom. The lowest BCUT2D eigenvalue weighted by atomic mass is 10.2. The first kappa shape index (κ1) is 17.2. The van der Waals surface area contributed by atoms with Gasteiger partial charge < -0.3 is 9.73 Å². The Labute approximate surface area is 157 Å². The van der Waals surface area contributed by atoms with Gasteiger partial charge in [-0.2, -0.15) is 0 Å². The van der Waals surface area contributed by atoms with Crippen LogP contribution in [0.3, 0.4) is 0 Å². The Kier molecular flexibility index (Phi) is 4.33.